The third kappa shape index (κ3) is 3.91. The van der Waals surface area contributed by atoms with Crippen LogP contribution in [0, 0.1) is 20.8 Å². The molecule has 0 atom stereocenters. The number of aromatic amines is 1. The molecule has 1 aromatic carbocycles. The molecule has 1 aromatic heterocycles. The zero-order valence-electron chi connectivity index (χ0n) is 12.9. The molecular weight excluding hydrogens is 282 g/mol. The molecule has 1 heterocycles. The van der Waals surface area contributed by atoms with Gasteiger partial charge in [0.05, 0.1) is 5.69 Å². The minimum absolute atomic E-state index is 0.149. The number of anilines is 1. The van der Waals surface area contributed by atoms with E-state index < -0.39 is 0 Å². The Morgan fingerprint density at radius 1 is 1.18 bits per heavy atom. The Kier molecular flexibility index (Phi) is 4.88. The number of aryl methyl sites for hydroxylation is 3. The van der Waals surface area contributed by atoms with Gasteiger partial charge in [-0.25, -0.2) is 0 Å². The van der Waals surface area contributed by atoms with Gasteiger partial charge in [0.2, 0.25) is 5.91 Å². The van der Waals surface area contributed by atoms with Crippen molar-refractivity contribution in [2.24, 2.45) is 0 Å². The van der Waals surface area contributed by atoms with E-state index in [0.29, 0.717) is 5.69 Å². The molecule has 2 amide bonds. The third-order valence-corrected chi connectivity index (χ3v) is 3.23. The molecule has 0 aliphatic heterocycles. The maximum Gasteiger partial charge on any atom is 0.273 e. The summed E-state index contributed by atoms with van der Waals surface area (Å²) in [5, 5.41) is 15.4. The lowest BCUT2D eigenvalue weighted by atomic mass is 10.1. The maximum atomic E-state index is 11.9. The van der Waals surface area contributed by atoms with Gasteiger partial charge in [-0.05, 0) is 32.4 Å². The molecule has 0 bridgehead atoms. The van der Waals surface area contributed by atoms with Gasteiger partial charge in [-0.3, -0.25) is 9.59 Å². The molecule has 0 fully saturated rings. The number of amides is 2. The van der Waals surface area contributed by atoms with Crippen LogP contribution in [0.2, 0.25) is 0 Å². The van der Waals surface area contributed by atoms with Crippen LogP contribution in [-0.2, 0) is 4.79 Å². The second-order valence-electron chi connectivity index (χ2n) is 5.13. The van der Waals surface area contributed by atoms with Crippen LogP contribution in [0.1, 0.15) is 33.7 Å². The van der Waals surface area contributed by atoms with Crippen LogP contribution < -0.4 is 10.6 Å². The summed E-state index contributed by atoms with van der Waals surface area (Å²) in [7, 11) is 0. The predicted octanol–water partition coefficient (Wildman–Crippen LogP) is 1.49. The average Bonchev–Trinajstić information content (AvgIpc) is 2.88. The monoisotopic (exact) mass is 301 g/mol. The number of rotatable bonds is 5. The Labute approximate surface area is 128 Å². The van der Waals surface area contributed by atoms with Gasteiger partial charge in [-0.2, -0.15) is 15.4 Å². The highest BCUT2D eigenvalue weighted by Crippen LogP contribution is 2.16. The number of benzene rings is 1. The number of aromatic nitrogens is 3. The van der Waals surface area contributed by atoms with Crippen molar-refractivity contribution in [2.75, 3.05) is 11.9 Å². The van der Waals surface area contributed by atoms with E-state index in [4.69, 9.17) is 0 Å². The lowest BCUT2D eigenvalue weighted by molar-refractivity contribution is -0.116. The van der Waals surface area contributed by atoms with Crippen molar-refractivity contribution < 1.29 is 9.59 Å². The minimum Gasteiger partial charge on any atom is -0.350 e. The first-order valence-corrected chi connectivity index (χ1v) is 7.00. The first-order valence-electron chi connectivity index (χ1n) is 7.00. The Balaban J connectivity index is 1.81. The molecule has 116 valence electrons. The second-order valence-corrected chi connectivity index (χ2v) is 5.13. The van der Waals surface area contributed by atoms with Crippen molar-refractivity contribution >= 4 is 17.5 Å². The summed E-state index contributed by atoms with van der Waals surface area (Å²) >= 11 is 0. The molecule has 2 aromatic rings. The molecule has 3 N–H and O–H groups in total. The smallest absolute Gasteiger partial charge is 0.273 e. The molecule has 22 heavy (non-hydrogen) atoms. The fourth-order valence-electron chi connectivity index (χ4n) is 2.04. The summed E-state index contributed by atoms with van der Waals surface area (Å²) in [4.78, 5) is 23.7. The minimum atomic E-state index is -0.342. The van der Waals surface area contributed by atoms with Crippen molar-refractivity contribution in [3.05, 3.63) is 40.7 Å². The standard InChI is InChI=1S/C15H19N5O2/c1-9-4-5-12(10(2)8-9)17-13(21)6-7-16-15(22)14-11(3)18-20-19-14/h4-5,8H,6-7H2,1-3H3,(H,16,22)(H,17,21)(H,18,19,20). The van der Waals surface area contributed by atoms with E-state index in [1.54, 1.807) is 6.92 Å². The molecular formula is C15H19N5O2. The van der Waals surface area contributed by atoms with Crippen molar-refractivity contribution in [1.29, 1.82) is 0 Å². The SMILES string of the molecule is Cc1ccc(NC(=O)CCNC(=O)c2n[nH]nc2C)c(C)c1. The highest BCUT2D eigenvalue weighted by Gasteiger charge is 2.13. The molecule has 7 nitrogen and oxygen atoms in total. The van der Waals surface area contributed by atoms with Crippen molar-refractivity contribution in [1.82, 2.24) is 20.7 Å². The number of hydrogen-bond acceptors (Lipinski definition) is 4. The van der Waals surface area contributed by atoms with Crippen molar-refractivity contribution in [3.63, 3.8) is 0 Å². The fraction of sp³-hybridized carbons (Fsp3) is 0.333. The van der Waals surface area contributed by atoms with Crippen LogP contribution >= 0.6 is 0 Å². The van der Waals surface area contributed by atoms with Crippen LogP contribution in [0.3, 0.4) is 0 Å². The van der Waals surface area contributed by atoms with E-state index in [0.717, 1.165) is 16.8 Å². The van der Waals surface area contributed by atoms with Crippen molar-refractivity contribution in [2.45, 2.75) is 27.2 Å². The predicted molar refractivity (Wildman–Crippen MR) is 82.6 cm³/mol. The molecule has 0 radical (unpaired) electrons. The lowest BCUT2D eigenvalue weighted by Crippen LogP contribution is -2.28. The Morgan fingerprint density at radius 3 is 2.59 bits per heavy atom. The van der Waals surface area contributed by atoms with Crippen LogP contribution in [0.15, 0.2) is 18.2 Å². The van der Waals surface area contributed by atoms with E-state index >= 15 is 0 Å². The average molecular weight is 301 g/mol. The number of H-pyrrole nitrogens is 1. The van der Waals surface area contributed by atoms with Crippen LogP contribution in [-0.4, -0.2) is 33.8 Å². The Hall–Kier alpha value is -2.70. The van der Waals surface area contributed by atoms with Gasteiger partial charge in [0.1, 0.15) is 0 Å². The number of nitrogens with one attached hydrogen (secondary N) is 3. The largest absolute Gasteiger partial charge is 0.350 e. The van der Waals surface area contributed by atoms with Gasteiger partial charge in [0.25, 0.3) is 5.91 Å². The Morgan fingerprint density at radius 2 is 1.95 bits per heavy atom. The highest BCUT2D eigenvalue weighted by atomic mass is 16.2. The molecule has 0 spiro atoms. The summed E-state index contributed by atoms with van der Waals surface area (Å²) in [5.74, 6) is -0.491. The molecule has 7 heteroatoms. The summed E-state index contributed by atoms with van der Waals surface area (Å²) in [6.45, 7) is 5.87. The number of nitrogens with zero attached hydrogens (tertiary/aromatic N) is 2. The third-order valence-electron chi connectivity index (χ3n) is 3.23. The van der Waals surface area contributed by atoms with Crippen molar-refractivity contribution in [3.8, 4) is 0 Å². The van der Waals surface area contributed by atoms with E-state index in [-0.39, 0.29) is 30.5 Å². The maximum absolute atomic E-state index is 11.9. The highest BCUT2D eigenvalue weighted by molar-refractivity contribution is 5.94. The van der Waals surface area contributed by atoms with Crippen LogP contribution in [0.5, 0.6) is 0 Å². The molecule has 2 rings (SSSR count). The molecule has 0 aliphatic rings. The summed E-state index contributed by atoms with van der Waals surface area (Å²) < 4.78 is 0. The number of hydrogen-bond donors (Lipinski definition) is 3. The van der Waals surface area contributed by atoms with Gasteiger partial charge in [0.15, 0.2) is 5.69 Å². The summed E-state index contributed by atoms with van der Waals surface area (Å²) in [6, 6.07) is 5.82. The first-order chi connectivity index (χ1) is 10.5. The second kappa shape index (κ2) is 6.84. The van der Waals surface area contributed by atoms with E-state index in [1.165, 1.54) is 0 Å². The fourth-order valence-corrected chi connectivity index (χ4v) is 2.04. The normalized spacial score (nSPS) is 10.3. The van der Waals surface area contributed by atoms with Gasteiger partial charge < -0.3 is 10.6 Å². The number of carbonyl (C=O) groups is 2. The zero-order valence-corrected chi connectivity index (χ0v) is 12.9. The molecule has 0 saturated heterocycles. The van der Waals surface area contributed by atoms with Crippen LogP contribution in [0.4, 0.5) is 5.69 Å². The quantitative estimate of drug-likeness (QED) is 0.779. The van der Waals surface area contributed by atoms with E-state index in [9.17, 15) is 9.59 Å². The summed E-state index contributed by atoms with van der Waals surface area (Å²) in [6.07, 6.45) is 0.190. The Bertz CT molecular complexity index is 693. The molecule has 0 aliphatic carbocycles. The van der Waals surface area contributed by atoms with Gasteiger partial charge in [-0.1, -0.05) is 17.7 Å². The van der Waals surface area contributed by atoms with Gasteiger partial charge in [-0.15, -0.1) is 0 Å². The first kappa shape index (κ1) is 15.7. The molecule has 0 unspecified atom stereocenters. The zero-order chi connectivity index (χ0) is 16.1. The summed E-state index contributed by atoms with van der Waals surface area (Å²) in [5.41, 5.74) is 3.71. The van der Waals surface area contributed by atoms with E-state index in [2.05, 4.69) is 26.0 Å². The molecule has 0 saturated carbocycles. The van der Waals surface area contributed by atoms with Gasteiger partial charge in [0, 0.05) is 18.7 Å². The lowest BCUT2D eigenvalue weighted by Gasteiger charge is -2.09. The number of carbonyl (C=O) groups excluding carboxylic acids is 2. The van der Waals surface area contributed by atoms with E-state index in [1.807, 2.05) is 32.0 Å². The van der Waals surface area contributed by atoms with Gasteiger partial charge >= 0.3 is 0 Å². The van der Waals surface area contributed by atoms with Crippen LogP contribution in [0.25, 0.3) is 0 Å². The topological polar surface area (TPSA) is 99.8 Å².